The molecule has 6 heteroatoms. The van der Waals surface area contributed by atoms with Crippen LogP contribution in [0.5, 0.6) is 0 Å². The van der Waals surface area contributed by atoms with E-state index in [0.29, 0.717) is 22.4 Å². The van der Waals surface area contributed by atoms with Crippen molar-refractivity contribution in [1.29, 1.82) is 0 Å². The van der Waals surface area contributed by atoms with E-state index in [9.17, 15) is 9.59 Å². The largest absolute Gasteiger partial charge is 0.478 e. The Balaban J connectivity index is 2.26. The van der Waals surface area contributed by atoms with E-state index in [1.807, 2.05) is 6.07 Å². The predicted octanol–water partition coefficient (Wildman–Crippen LogP) is 3.15. The highest BCUT2D eigenvalue weighted by Gasteiger charge is 2.11. The normalized spacial score (nSPS) is 10.8. The monoisotopic (exact) mass is 358 g/mol. The number of hydrogen-bond donors (Lipinski definition) is 1. The van der Waals surface area contributed by atoms with E-state index in [4.69, 9.17) is 5.11 Å². The molecule has 0 saturated heterocycles. The van der Waals surface area contributed by atoms with E-state index in [0.717, 1.165) is 4.47 Å². The molecule has 0 atom stereocenters. The second-order valence-electron chi connectivity index (χ2n) is 4.81. The van der Waals surface area contributed by atoms with Crippen LogP contribution in [0.3, 0.4) is 0 Å². The Morgan fingerprint density at radius 2 is 1.86 bits per heavy atom. The number of rotatable bonds is 2. The van der Waals surface area contributed by atoms with Crippen LogP contribution in [0.1, 0.15) is 16.2 Å². The van der Waals surface area contributed by atoms with E-state index in [2.05, 4.69) is 20.9 Å². The Hall–Kier alpha value is -2.47. The summed E-state index contributed by atoms with van der Waals surface area (Å²) < 4.78 is 2.27. The Morgan fingerprint density at radius 1 is 1.18 bits per heavy atom. The second kappa shape index (κ2) is 5.38. The summed E-state index contributed by atoms with van der Waals surface area (Å²) in [5, 5.41) is 9.44. The first kappa shape index (κ1) is 14.5. The minimum atomic E-state index is -1.00. The molecule has 22 heavy (non-hydrogen) atoms. The Bertz CT molecular complexity index is 946. The van der Waals surface area contributed by atoms with Gasteiger partial charge in [0.15, 0.2) is 0 Å². The lowest BCUT2D eigenvalue weighted by atomic mass is 10.2. The van der Waals surface area contributed by atoms with Gasteiger partial charge in [0.25, 0.3) is 5.56 Å². The molecule has 0 spiro atoms. The summed E-state index contributed by atoms with van der Waals surface area (Å²) in [7, 11) is 0. The summed E-state index contributed by atoms with van der Waals surface area (Å²) in [6.07, 6.45) is 0. The minimum absolute atomic E-state index is 0.172. The number of hydrogen-bond acceptors (Lipinski definition) is 3. The maximum absolute atomic E-state index is 12.7. The lowest BCUT2D eigenvalue weighted by Crippen LogP contribution is -2.22. The summed E-state index contributed by atoms with van der Waals surface area (Å²) in [5.41, 5.74) is 1.20. The van der Waals surface area contributed by atoms with E-state index >= 15 is 0 Å². The average Bonchev–Trinajstić information content (AvgIpc) is 2.49. The fourth-order valence-electron chi connectivity index (χ4n) is 2.33. The van der Waals surface area contributed by atoms with Gasteiger partial charge in [-0.05, 0) is 49.4 Å². The quantitative estimate of drug-likeness (QED) is 0.763. The highest BCUT2D eigenvalue weighted by atomic mass is 79.9. The van der Waals surface area contributed by atoms with Gasteiger partial charge in [0.2, 0.25) is 0 Å². The average molecular weight is 359 g/mol. The molecule has 1 N–H and O–H groups in total. The number of carboxylic acids is 1. The number of benzene rings is 2. The highest BCUT2D eigenvalue weighted by Crippen LogP contribution is 2.17. The zero-order valence-corrected chi connectivity index (χ0v) is 13.2. The molecule has 1 aromatic heterocycles. The van der Waals surface area contributed by atoms with Gasteiger partial charge in [-0.2, -0.15) is 0 Å². The van der Waals surface area contributed by atoms with Crippen molar-refractivity contribution in [2.24, 2.45) is 0 Å². The zero-order valence-electron chi connectivity index (χ0n) is 11.6. The third kappa shape index (κ3) is 2.42. The smallest absolute Gasteiger partial charge is 0.335 e. The van der Waals surface area contributed by atoms with Gasteiger partial charge in [-0.3, -0.25) is 9.36 Å². The molecular formula is C16H11BrN2O3. The molecule has 3 rings (SSSR count). The zero-order chi connectivity index (χ0) is 15.9. The third-order valence-electron chi connectivity index (χ3n) is 3.37. The molecule has 0 fully saturated rings. The summed E-state index contributed by atoms with van der Waals surface area (Å²) in [5.74, 6) is -0.459. The molecule has 0 amide bonds. The summed E-state index contributed by atoms with van der Waals surface area (Å²) in [6, 6.07) is 11.5. The molecule has 5 nitrogen and oxygen atoms in total. The molecule has 110 valence electrons. The van der Waals surface area contributed by atoms with Crippen LogP contribution in [-0.4, -0.2) is 20.6 Å². The molecule has 1 heterocycles. The molecule has 0 radical (unpaired) electrons. The Labute approximate surface area is 134 Å². The fourth-order valence-corrected chi connectivity index (χ4v) is 2.69. The molecule has 0 saturated carbocycles. The van der Waals surface area contributed by atoms with Crippen molar-refractivity contribution in [3.8, 4) is 5.69 Å². The van der Waals surface area contributed by atoms with Crippen LogP contribution in [-0.2, 0) is 0 Å². The number of halogens is 1. The van der Waals surface area contributed by atoms with Gasteiger partial charge in [-0.15, -0.1) is 0 Å². The van der Waals surface area contributed by atoms with Crippen LogP contribution in [0.15, 0.2) is 51.7 Å². The maximum atomic E-state index is 12.7. The number of fused-ring (bicyclic) bond motifs is 1. The van der Waals surface area contributed by atoms with Crippen LogP contribution in [0.2, 0.25) is 0 Å². The number of carboxylic acid groups (broad SMARTS) is 1. The van der Waals surface area contributed by atoms with Crippen LogP contribution in [0, 0.1) is 6.92 Å². The molecule has 0 aliphatic carbocycles. The van der Waals surface area contributed by atoms with Crippen molar-refractivity contribution in [1.82, 2.24) is 9.55 Å². The van der Waals surface area contributed by atoms with E-state index in [1.54, 1.807) is 31.2 Å². The van der Waals surface area contributed by atoms with Crippen LogP contribution < -0.4 is 5.56 Å². The first-order chi connectivity index (χ1) is 10.5. The number of aromatic carboxylic acids is 1. The van der Waals surface area contributed by atoms with Crippen LogP contribution in [0.4, 0.5) is 0 Å². The number of aryl methyl sites for hydroxylation is 1. The SMILES string of the molecule is Cc1nc2ccc(Br)cc2c(=O)n1-c1ccc(C(=O)O)cc1. The minimum Gasteiger partial charge on any atom is -0.478 e. The second-order valence-corrected chi connectivity index (χ2v) is 5.73. The fraction of sp³-hybridized carbons (Fsp3) is 0.0625. The Morgan fingerprint density at radius 3 is 2.50 bits per heavy atom. The van der Waals surface area contributed by atoms with Crippen molar-refractivity contribution in [2.75, 3.05) is 0 Å². The van der Waals surface area contributed by atoms with Gasteiger partial charge >= 0.3 is 5.97 Å². The van der Waals surface area contributed by atoms with Gasteiger partial charge < -0.3 is 5.11 Å². The topological polar surface area (TPSA) is 72.2 Å². The van der Waals surface area contributed by atoms with Crippen molar-refractivity contribution in [2.45, 2.75) is 6.92 Å². The van der Waals surface area contributed by atoms with Crippen molar-refractivity contribution in [3.63, 3.8) is 0 Å². The van der Waals surface area contributed by atoms with Crippen LogP contribution in [0.25, 0.3) is 16.6 Å². The van der Waals surface area contributed by atoms with Gasteiger partial charge in [0.05, 0.1) is 22.2 Å². The Kier molecular flexibility index (Phi) is 3.54. The summed E-state index contributed by atoms with van der Waals surface area (Å²) >= 11 is 3.35. The first-order valence-electron chi connectivity index (χ1n) is 6.50. The van der Waals surface area contributed by atoms with E-state index in [-0.39, 0.29) is 11.1 Å². The number of carbonyl (C=O) groups is 1. The van der Waals surface area contributed by atoms with Gasteiger partial charge in [0, 0.05) is 4.47 Å². The molecule has 3 aromatic rings. The highest BCUT2D eigenvalue weighted by molar-refractivity contribution is 9.10. The maximum Gasteiger partial charge on any atom is 0.335 e. The summed E-state index contributed by atoms with van der Waals surface area (Å²) in [4.78, 5) is 28.1. The van der Waals surface area contributed by atoms with Crippen molar-refractivity contribution < 1.29 is 9.90 Å². The number of aromatic nitrogens is 2. The molecule has 0 aliphatic rings. The van der Waals surface area contributed by atoms with Gasteiger partial charge in [0.1, 0.15) is 5.82 Å². The van der Waals surface area contributed by atoms with E-state index < -0.39 is 5.97 Å². The first-order valence-corrected chi connectivity index (χ1v) is 7.29. The molecule has 0 bridgehead atoms. The van der Waals surface area contributed by atoms with Crippen LogP contribution >= 0.6 is 15.9 Å². The predicted molar refractivity (Wildman–Crippen MR) is 86.7 cm³/mol. The lowest BCUT2D eigenvalue weighted by molar-refractivity contribution is 0.0697. The summed E-state index contributed by atoms with van der Waals surface area (Å²) in [6.45, 7) is 1.74. The van der Waals surface area contributed by atoms with Gasteiger partial charge in [-0.25, -0.2) is 9.78 Å². The van der Waals surface area contributed by atoms with Gasteiger partial charge in [-0.1, -0.05) is 15.9 Å². The molecular weight excluding hydrogens is 348 g/mol. The molecule has 0 aliphatic heterocycles. The van der Waals surface area contributed by atoms with Crippen molar-refractivity contribution in [3.05, 3.63) is 68.7 Å². The van der Waals surface area contributed by atoms with Crippen molar-refractivity contribution >= 4 is 32.8 Å². The third-order valence-corrected chi connectivity index (χ3v) is 3.86. The molecule has 2 aromatic carbocycles. The molecule has 0 unspecified atom stereocenters. The van der Waals surface area contributed by atoms with E-state index in [1.165, 1.54) is 16.7 Å². The number of nitrogens with zero attached hydrogens (tertiary/aromatic N) is 2. The lowest BCUT2D eigenvalue weighted by Gasteiger charge is -2.11. The standard InChI is InChI=1S/C16H11BrN2O3/c1-9-18-14-7-4-11(17)8-13(14)15(20)19(9)12-5-2-10(3-6-12)16(21)22/h2-8H,1H3,(H,21,22).